The third-order valence-electron chi connectivity index (χ3n) is 1.87. The number of hydrogen-bond acceptors (Lipinski definition) is 3. The van der Waals surface area contributed by atoms with Crippen LogP contribution in [0, 0.1) is 0 Å². The van der Waals surface area contributed by atoms with Gasteiger partial charge in [0.25, 0.3) is 5.91 Å². The summed E-state index contributed by atoms with van der Waals surface area (Å²) in [5.41, 5.74) is -0.223. The fourth-order valence-electron chi connectivity index (χ4n) is 1.21. The number of amides is 2. The van der Waals surface area contributed by atoms with Gasteiger partial charge < -0.3 is 15.6 Å². The van der Waals surface area contributed by atoms with Gasteiger partial charge in [0, 0.05) is 12.1 Å². The highest BCUT2D eigenvalue weighted by molar-refractivity contribution is 5.94. The quantitative estimate of drug-likeness (QED) is 0.667. The molecule has 0 radical (unpaired) electrons. The Morgan fingerprint density at radius 1 is 1.35 bits per heavy atom. The lowest BCUT2D eigenvalue weighted by atomic mass is 10.3. The van der Waals surface area contributed by atoms with Gasteiger partial charge >= 0.3 is 0 Å². The van der Waals surface area contributed by atoms with Crippen LogP contribution < -0.4 is 16.2 Å². The van der Waals surface area contributed by atoms with E-state index in [9.17, 15) is 14.4 Å². The molecule has 0 saturated carbocycles. The van der Waals surface area contributed by atoms with Crippen LogP contribution in [-0.2, 0) is 4.79 Å². The Bertz CT molecular complexity index is 465. The third-order valence-corrected chi connectivity index (χ3v) is 1.87. The van der Waals surface area contributed by atoms with E-state index < -0.39 is 5.91 Å². The standard InChI is InChI=1S/C11H15N3O3/c1-7(2)13-10(16)6-12-11(17)8-4-3-5-9(15)14-8/h3-5,7H,6H2,1-2H3,(H,12,17)(H,13,16)(H,14,15). The highest BCUT2D eigenvalue weighted by Crippen LogP contribution is 1.89. The van der Waals surface area contributed by atoms with Crippen LogP contribution >= 0.6 is 0 Å². The number of H-pyrrole nitrogens is 1. The van der Waals surface area contributed by atoms with Crippen molar-refractivity contribution in [2.75, 3.05) is 6.54 Å². The van der Waals surface area contributed by atoms with Crippen molar-refractivity contribution in [3.05, 3.63) is 34.2 Å². The van der Waals surface area contributed by atoms with E-state index in [0.717, 1.165) is 0 Å². The monoisotopic (exact) mass is 237 g/mol. The summed E-state index contributed by atoms with van der Waals surface area (Å²) in [6.07, 6.45) is 0. The molecule has 17 heavy (non-hydrogen) atoms. The molecule has 92 valence electrons. The number of carbonyl (C=O) groups excluding carboxylic acids is 2. The summed E-state index contributed by atoms with van der Waals surface area (Å²) in [5.74, 6) is -0.756. The minimum absolute atomic E-state index is 0.0240. The van der Waals surface area contributed by atoms with Crippen molar-refractivity contribution < 1.29 is 9.59 Å². The summed E-state index contributed by atoms with van der Waals surface area (Å²) in [6, 6.07) is 4.28. The second-order valence-corrected chi connectivity index (χ2v) is 3.83. The summed E-state index contributed by atoms with van der Waals surface area (Å²) in [6.45, 7) is 3.54. The summed E-state index contributed by atoms with van der Waals surface area (Å²) < 4.78 is 0. The zero-order valence-electron chi connectivity index (χ0n) is 9.74. The molecule has 1 aromatic rings. The number of carbonyl (C=O) groups is 2. The van der Waals surface area contributed by atoms with Gasteiger partial charge in [-0.05, 0) is 19.9 Å². The molecule has 1 aromatic heterocycles. The lowest BCUT2D eigenvalue weighted by molar-refractivity contribution is -0.120. The molecule has 0 atom stereocenters. The molecule has 2 amide bonds. The molecule has 1 rings (SSSR count). The maximum absolute atomic E-state index is 11.5. The molecule has 0 aliphatic carbocycles. The second kappa shape index (κ2) is 5.83. The van der Waals surface area contributed by atoms with E-state index in [2.05, 4.69) is 15.6 Å². The molecule has 0 aliphatic heterocycles. The average molecular weight is 237 g/mol. The van der Waals surface area contributed by atoms with Crippen molar-refractivity contribution in [3.8, 4) is 0 Å². The molecule has 0 aromatic carbocycles. The second-order valence-electron chi connectivity index (χ2n) is 3.83. The highest BCUT2D eigenvalue weighted by Gasteiger charge is 2.08. The lowest BCUT2D eigenvalue weighted by Crippen LogP contribution is -2.40. The minimum Gasteiger partial charge on any atom is -0.352 e. The van der Waals surface area contributed by atoms with Crippen LogP contribution in [0.4, 0.5) is 0 Å². The Balaban J connectivity index is 2.50. The summed E-state index contributed by atoms with van der Waals surface area (Å²) in [7, 11) is 0. The fraction of sp³-hybridized carbons (Fsp3) is 0.364. The predicted molar refractivity (Wildman–Crippen MR) is 62.7 cm³/mol. The first-order chi connectivity index (χ1) is 7.99. The molecular formula is C11H15N3O3. The zero-order valence-corrected chi connectivity index (χ0v) is 9.74. The number of rotatable bonds is 4. The Morgan fingerprint density at radius 3 is 2.65 bits per heavy atom. The molecule has 1 heterocycles. The first kappa shape index (κ1) is 13.0. The van der Waals surface area contributed by atoms with Crippen LogP contribution in [0.3, 0.4) is 0 Å². The topological polar surface area (TPSA) is 91.1 Å². The van der Waals surface area contributed by atoms with Crippen LogP contribution in [0.15, 0.2) is 23.0 Å². The van der Waals surface area contributed by atoms with Crippen molar-refractivity contribution in [2.24, 2.45) is 0 Å². The highest BCUT2D eigenvalue weighted by atomic mass is 16.2. The van der Waals surface area contributed by atoms with E-state index >= 15 is 0 Å². The molecule has 0 bridgehead atoms. The Labute approximate surface area is 98.4 Å². The molecule has 0 saturated heterocycles. The summed E-state index contributed by atoms with van der Waals surface area (Å²) in [4.78, 5) is 36.1. The normalized spacial score (nSPS) is 10.1. The molecule has 0 fully saturated rings. The molecule has 3 N–H and O–H groups in total. The predicted octanol–water partition coefficient (Wildman–Crippen LogP) is -0.371. The van der Waals surface area contributed by atoms with Crippen LogP contribution in [0.5, 0.6) is 0 Å². The number of hydrogen-bond donors (Lipinski definition) is 3. The van der Waals surface area contributed by atoms with Gasteiger partial charge in [-0.15, -0.1) is 0 Å². The van der Waals surface area contributed by atoms with Crippen molar-refractivity contribution in [2.45, 2.75) is 19.9 Å². The summed E-state index contributed by atoms with van der Waals surface area (Å²) in [5, 5.41) is 5.05. The van der Waals surface area contributed by atoms with Gasteiger partial charge in [0.2, 0.25) is 11.5 Å². The Hall–Kier alpha value is -2.11. The molecule has 0 unspecified atom stereocenters. The maximum atomic E-state index is 11.5. The molecular weight excluding hydrogens is 222 g/mol. The Kier molecular flexibility index (Phi) is 4.45. The van der Waals surface area contributed by atoms with Gasteiger partial charge in [-0.1, -0.05) is 6.07 Å². The SMILES string of the molecule is CC(C)NC(=O)CNC(=O)c1cccc(=O)[nH]1. The van der Waals surface area contributed by atoms with Crippen LogP contribution in [0.25, 0.3) is 0 Å². The van der Waals surface area contributed by atoms with Gasteiger partial charge in [0.15, 0.2) is 0 Å². The number of pyridine rings is 1. The lowest BCUT2D eigenvalue weighted by Gasteiger charge is -2.09. The van der Waals surface area contributed by atoms with E-state index in [-0.39, 0.29) is 29.7 Å². The van der Waals surface area contributed by atoms with Crippen LogP contribution in [-0.4, -0.2) is 29.4 Å². The fourth-order valence-corrected chi connectivity index (χ4v) is 1.21. The molecule has 6 heteroatoms. The number of aromatic amines is 1. The zero-order chi connectivity index (χ0) is 12.8. The van der Waals surface area contributed by atoms with Gasteiger partial charge in [-0.25, -0.2) is 0 Å². The minimum atomic E-state index is -0.485. The van der Waals surface area contributed by atoms with Crippen molar-refractivity contribution in [1.29, 1.82) is 0 Å². The van der Waals surface area contributed by atoms with E-state index in [0.29, 0.717) is 0 Å². The molecule has 0 aliphatic rings. The Morgan fingerprint density at radius 2 is 2.06 bits per heavy atom. The number of nitrogens with one attached hydrogen (secondary N) is 3. The maximum Gasteiger partial charge on any atom is 0.268 e. The van der Waals surface area contributed by atoms with E-state index in [1.165, 1.54) is 18.2 Å². The smallest absolute Gasteiger partial charge is 0.268 e. The molecule has 6 nitrogen and oxygen atoms in total. The van der Waals surface area contributed by atoms with Crippen molar-refractivity contribution in [1.82, 2.24) is 15.6 Å². The number of aromatic nitrogens is 1. The van der Waals surface area contributed by atoms with Crippen molar-refractivity contribution in [3.63, 3.8) is 0 Å². The van der Waals surface area contributed by atoms with Gasteiger partial charge in [-0.3, -0.25) is 14.4 Å². The third kappa shape index (κ3) is 4.50. The average Bonchev–Trinajstić information content (AvgIpc) is 2.25. The van der Waals surface area contributed by atoms with Crippen LogP contribution in [0.1, 0.15) is 24.3 Å². The largest absolute Gasteiger partial charge is 0.352 e. The van der Waals surface area contributed by atoms with E-state index in [1.807, 2.05) is 13.8 Å². The van der Waals surface area contributed by atoms with Crippen LogP contribution in [0.2, 0.25) is 0 Å². The van der Waals surface area contributed by atoms with E-state index in [4.69, 9.17) is 0 Å². The van der Waals surface area contributed by atoms with Gasteiger partial charge in [0.1, 0.15) is 5.69 Å². The summed E-state index contributed by atoms with van der Waals surface area (Å²) >= 11 is 0. The van der Waals surface area contributed by atoms with Gasteiger partial charge in [0.05, 0.1) is 6.54 Å². The van der Waals surface area contributed by atoms with Crippen molar-refractivity contribution >= 4 is 11.8 Å². The first-order valence-electron chi connectivity index (χ1n) is 5.26. The van der Waals surface area contributed by atoms with Gasteiger partial charge in [-0.2, -0.15) is 0 Å². The van der Waals surface area contributed by atoms with E-state index in [1.54, 1.807) is 0 Å². The molecule has 0 spiro atoms. The first-order valence-corrected chi connectivity index (χ1v) is 5.26.